The van der Waals surface area contributed by atoms with Crippen LogP contribution < -0.4 is 5.32 Å². The Morgan fingerprint density at radius 1 is 1.40 bits per heavy atom. The van der Waals surface area contributed by atoms with Crippen LogP contribution >= 0.6 is 0 Å². The Hall–Kier alpha value is -0.570. The van der Waals surface area contributed by atoms with Crippen molar-refractivity contribution >= 4 is 5.97 Å². The molecule has 0 fully saturated rings. The van der Waals surface area contributed by atoms with E-state index in [1.54, 1.807) is 0 Å². The molecule has 0 aromatic rings. The van der Waals surface area contributed by atoms with E-state index in [2.05, 4.69) is 33.0 Å². The van der Waals surface area contributed by atoms with Gasteiger partial charge < -0.3 is 10.4 Å². The van der Waals surface area contributed by atoms with Gasteiger partial charge in [0.2, 0.25) is 0 Å². The summed E-state index contributed by atoms with van der Waals surface area (Å²) in [6.07, 6.45) is 3.75. The largest absolute Gasteiger partial charge is 0.480 e. The zero-order valence-corrected chi connectivity index (χ0v) is 10.5. The van der Waals surface area contributed by atoms with Crippen LogP contribution in [0.2, 0.25) is 0 Å². The summed E-state index contributed by atoms with van der Waals surface area (Å²) < 4.78 is 0. The van der Waals surface area contributed by atoms with Gasteiger partial charge in [0.1, 0.15) is 6.04 Å². The third-order valence-corrected chi connectivity index (χ3v) is 2.41. The van der Waals surface area contributed by atoms with Crippen LogP contribution in [-0.4, -0.2) is 23.7 Å². The number of rotatable bonds is 7. The number of hydrogen-bond acceptors (Lipinski definition) is 2. The highest BCUT2D eigenvalue weighted by Gasteiger charge is 2.17. The van der Waals surface area contributed by atoms with Gasteiger partial charge in [-0.3, -0.25) is 4.79 Å². The van der Waals surface area contributed by atoms with Crippen molar-refractivity contribution in [2.45, 2.75) is 59.4 Å². The fraction of sp³-hybridized carbons (Fsp3) is 0.917. The van der Waals surface area contributed by atoms with E-state index in [4.69, 9.17) is 5.11 Å². The Morgan fingerprint density at radius 3 is 2.40 bits per heavy atom. The lowest BCUT2D eigenvalue weighted by Gasteiger charge is -2.20. The number of carboxylic acid groups (broad SMARTS) is 1. The van der Waals surface area contributed by atoms with Gasteiger partial charge in [0.05, 0.1) is 0 Å². The van der Waals surface area contributed by atoms with E-state index in [1.807, 2.05) is 0 Å². The SMILES string of the molecule is CCCCC(NCCC(C)(C)C)C(=O)O. The molecule has 0 saturated carbocycles. The highest BCUT2D eigenvalue weighted by Crippen LogP contribution is 2.17. The van der Waals surface area contributed by atoms with E-state index in [-0.39, 0.29) is 11.5 Å². The van der Waals surface area contributed by atoms with Crippen molar-refractivity contribution in [1.29, 1.82) is 0 Å². The molecule has 15 heavy (non-hydrogen) atoms. The van der Waals surface area contributed by atoms with Crippen LogP contribution in [0.5, 0.6) is 0 Å². The Balaban J connectivity index is 3.81. The van der Waals surface area contributed by atoms with Crippen LogP contribution in [-0.2, 0) is 4.79 Å². The second-order valence-corrected chi connectivity index (χ2v) is 5.30. The molecule has 0 rings (SSSR count). The molecule has 0 aliphatic carbocycles. The van der Waals surface area contributed by atoms with Crippen LogP contribution in [0.25, 0.3) is 0 Å². The van der Waals surface area contributed by atoms with Crippen molar-refractivity contribution in [3.8, 4) is 0 Å². The molecule has 0 saturated heterocycles. The van der Waals surface area contributed by atoms with Gasteiger partial charge in [0, 0.05) is 0 Å². The molecule has 90 valence electrons. The number of carboxylic acids is 1. The molecule has 0 spiro atoms. The monoisotopic (exact) mass is 215 g/mol. The zero-order valence-electron chi connectivity index (χ0n) is 10.5. The van der Waals surface area contributed by atoms with Crippen LogP contribution in [0.1, 0.15) is 53.4 Å². The molecular formula is C12H25NO2. The first kappa shape index (κ1) is 14.4. The highest BCUT2D eigenvalue weighted by molar-refractivity contribution is 5.73. The molecule has 2 N–H and O–H groups in total. The Morgan fingerprint density at radius 2 is 2.00 bits per heavy atom. The summed E-state index contributed by atoms with van der Waals surface area (Å²) in [5.41, 5.74) is 0.265. The lowest BCUT2D eigenvalue weighted by atomic mass is 9.92. The van der Waals surface area contributed by atoms with Crippen molar-refractivity contribution < 1.29 is 9.90 Å². The average Bonchev–Trinajstić information content (AvgIpc) is 2.08. The summed E-state index contributed by atoms with van der Waals surface area (Å²) in [5, 5.41) is 12.1. The summed E-state index contributed by atoms with van der Waals surface area (Å²) in [5.74, 6) is -0.725. The number of hydrogen-bond donors (Lipinski definition) is 2. The van der Waals surface area contributed by atoms with E-state index >= 15 is 0 Å². The minimum atomic E-state index is -0.725. The molecular weight excluding hydrogens is 190 g/mol. The van der Waals surface area contributed by atoms with Crippen molar-refractivity contribution in [3.05, 3.63) is 0 Å². The first-order valence-corrected chi connectivity index (χ1v) is 5.83. The number of carbonyl (C=O) groups is 1. The molecule has 0 heterocycles. The summed E-state index contributed by atoms with van der Waals surface area (Å²) >= 11 is 0. The molecule has 3 heteroatoms. The summed E-state index contributed by atoms with van der Waals surface area (Å²) in [7, 11) is 0. The molecule has 0 amide bonds. The molecule has 0 bridgehead atoms. The summed E-state index contributed by atoms with van der Waals surface area (Å²) in [4.78, 5) is 10.9. The topological polar surface area (TPSA) is 49.3 Å². The third kappa shape index (κ3) is 8.43. The van der Waals surface area contributed by atoms with Gasteiger partial charge in [-0.25, -0.2) is 0 Å². The van der Waals surface area contributed by atoms with Crippen LogP contribution in [0.4, 0.5) is 0 Å². The predicted molar refractivity (Wildman–Crippen MR) is 63.0 cm³/mol. The number of unbranched alkanes of at least 4 members (excludes halogenated alkanes) is 1. The molecule has 1 atom stereocenters. The van der Waals surface area contributed by atoms with Crippen LogP contribution in [0, 0.1) is 5.41 Å². The second kappa shape index (κ2) is 6.83. The first-order valence-electron chi connectivity index (χ1n) is 5.83. The molecule has 1 unspecified atom stereocenters. The fourth-order valence-electron chi connectivity index (χ4n) is 1.34. The van der Waals surface area contributed by atoms with Crippen molar-refractivity contribution in [3.63, 3.8) is 0 Å². The zero-order chi connectivity index (χ0) is 11.9. The molecule has 0 aliphatic heterocycles. The molecule has 0 radical (unpaired) electrons. The number of nitrogens with one attached hydrogen (secondary N) is 1. The van der Waals surface area contributed by atoms with E-state index in [9.17, 15) is 4.79 Å². The van der Waals surface area contributed by atoms with Gasteiger partial charge in [-0.2, -0.15) is 0 Å². The van der Waals surface area contributed by atoms with Gasteiger partial charge in [0.15, 0.2) is 0 Å². The molecule has 0 aromatic heterocycles. The average molecular weight is 215 g/mol. The van der Waals surface area contributed by atoms with Crippen LogP contribution in [0.3, 0.4) is 0 Å². The predicted octanol–water partition coefficient (Wildman–Crippen LogP) is 2.66. The van der Waals surface area contributed by atoms with Gasteiger partial charge in [-0.05, 0) is 24.8 Å². The lowest BCUT2D eigenvalue weighted by molar-refractivity contribution is -0.139. The first-order chi connectivity index (χ1) is 6.87. The van der Waals surface area contributed by atoms with E-state index in [1.165, 1.54) is 0 Å². The van der Waals surface area contributed by atoms with Gasteiger partial charge >= 0.3 is 5.97 Å². The Kier molecular flexibility index (Phi) is 6.57. The minimum Gasteiger partial charge on any atom is -0.480 e. The smallest absolute Gasteiger partial charge is 0.320 e. The fourth-order valence-corrected chi connectivity index (χ4v) is 1.34. The maximum atomic E-state index is 10.9. The maximum absolute atomic E-state index is 10.9. The van der Waals surface area contributed by atoms with E-state index in [0.29, 0.717) is 0 Å². The van der Waals surface area contributed by atoms with Crippen molar-refractivity contribution in [2.75, 3.05) is 6.54 Å². The highest BCUT2D eigenvalue weighted by atomic mass is 16.4. The quantitative estimate of drug-likeness (QED) is 0.686. The second-order valence-electron chi connectivity index (χ2n) is 5.30. The Labute approximate surface area is 93.3 Å². The van der Waals surface area contributed by atoms with Gasteiger partial charge in [0.25, 0.3) is 0 Å². The van der Waals surface area contributed by atoms with Crippen LogP contribution in [0.15, 0.2) is 0 Å². The Bertz CT molecular complexity index is 185. The molecule has 0 aliphatic rings. The minimum absolute atomic E-state index is 0.265. The summed E-state index contributed by atoms with van der Waals surface area (Å²) in [6, 6.07) is -0.368. The standard InChI is InChI=1S/C12H25NO2/c1-5-6-7-10(11(14)15)13-9-8-12(2,3)4/h10,13H,5-9H2,1-4H3,(H,14,15). The summed E-state index contributed by atoms with van der Waals surface area (Å²) in [6.45, 7) is 9.35. The van der Waals surface area contributed by atoms with Gasteiger partial charge in [-0.1, -0.05) is 40.5 Å². The van der Waals surface area contributed by atoms with Crippen molar-refractivity contribution in [1.82, 2.24) is 5.32 Å². The molecule has 0 aromatic carbocycles. The third-order valence-electron chi connectivity index (χ3n) is 2.41. The maximum Gasteiger partial charge on any atom is 0.320 e. The number of aliphatic carboxylic acids is 1. The van der Waals surface area contributed by atoms with E-state index < -0.39 is 5.97 Å². The molecule has 3 nitrogen and oxygen atoms in total. The van der Waals surface area contributed by atoms with Crippen molar-refractivity contribution in [2.24, 2.45) is 5.41 Å². The lowest BCUT2D eigenvalue weighted by Crippen LogP contribution is -2.38. The normalized spacial score (nSPS) is 13.9. The van der Waals surface area contributed by atoms with E-state index in [0.717, 1.165) is 32.2 Å². The van der Waals surface area contributed by atoms with Gasteiger partial charge in [-0.15, -0.1) is 0 Å².